The van der Waals surface area contributed by atoms with Gasteiger partial charge in [0.25, 0.3) is 0 Å². The molecule has 2 N–H and O–H groups in total. The highest BCUT2D eigenvalue weighted by Crippen LogP contribution is 2.36. The first-order valence-electron chi connectivity index (χ1n) is 6.63. The molecule has 1 aromatic heterocycles. The quantitative estimate of drug-likeness (QED) is 0.909. The van der Waals surface area contributed by atoms with Crippen LogP contribution < -0.4 is 15.2 Å². The number of nitrogens with two attached hydrogens (primary N) is 1. The summed E-state index contributed by atoms with van der Waals surface area (Å²) in [6, 6.07) is 7.31. The zero-order chi connectivity index (χ0) is 14.7. The molecule has 0 fully saturated rings. The SMILES string of the molecule is CCn1nc(C)cc1C(N)c1c(OC)cccc1OC. The van der Waals surface area contributed by atoms with Gasteiger partial charge in [0.2, 0.25) is 0 Å². The van der Waals surface area contributed by atoms with Crippen molar-refractivity contribution in [3.63, 3.8) is 0 Å². The molecular weight excluding hydrogens is 254 g/mol. The first kappa shape index (κ1) is 14.4. The van der Waals surface area contributed by atoms with Gasteiger partial charge in [0.1, 0.15) is 11.5 Å². The smallest absolute Gasteiger partial charge is 0.127 e. The minimum Gasteiger partial charge on any atom is -0.496 e. The Labute approximate surface area is 119 Å². The van der Waals surface area contributed by atoms with Gasteiger partial charge in [-0.1, -0.05) is 6.07 Å². The molecule has 0 aliphatic heterocycles. The molecule has 20 heavy (non-hydrogen) atoms. The summed E-state index contributed by atoms with van der Waals surface area (Å²) < 4.78 is 12.8. The third-order valence-electron chi connectivity index (χ3n) is 3.33. The van der Waals surface area contributed by atoms with Gasteiger partial charge in [-0.25, -0.2) is 0 Å². The molecule has 0 aliphatic carbocycles. The zero-order valence-electron chi connectivity index (χ0n) is 12.4. The van der Waals surface area contributed by atoms with Crippen molar-refractivity contribution in [3.05, 3.63) is 41.2 Å². The van der Waals surface area contributed by atoms with E-state index in [-0.39, 0.29) is 6.04 Å². The standard InChI is InChI=1S/C15H21N3O2/c1-5-18-11(9-10(2)17-18)15(16)14-12(19-3)7-6-8-13(14)20-4/h6-9,15H,5,16H2,1-4H3. The van der Waals surface area contributed by atoms with Gasteiger partial charge in [0.05, 0.1) is 37.2 Å². The van der Waals surface area contributed by atoms with E-state index in [4.69, 9.17) is 15.2 Å². The van der Waals surface area contributed by atoms with E-state index in [1.54, 1.807) is 14.2 Å². The van der Waals surface area contributed by atoms with E-state index in [9.17, 15) is 0 Å². The highest BCUT2D eigenvalue weighted by atomic mass is 16.5. The van der Waals surface area contributed by atoms with Gasteiger partial charge in [-0.05, 0) is 32.0 Å². The number of aromatic nitrogens is 2. The Kier molecular flexibility index (Phi) is 4.29. The van der Waals surface area contributed by atoms with Gasteiger partial charge >= 0.3 is 0 Å². The molecule has 2 rings (SSSR count). The van der Waals surface area contributed by atoms with Gasteiger partial charge in [-0.15, -0.1) is 0 Å². The lowest BCUT2D eigenvalue weighted by Gasteiger charge is -2.19. The van der Waals surface area contributed by atoms with Crippen molar-refractivity contribution in [1.82, 2.24) is 9.78 Å². The molecule has 108 valence electrons. The van der Waals surface area contributed by atoms with Crippen LogP contribution in [0.15, 0.2) is 24.3 Å². The summed E-state index contributed by atoms with van der Waals surface area (Å²) in [4.78, 5) is 0. The van der Waals surface area contributed by atoms with Crippen molar-refractivity contribution in [1.29, 1.82) is 0 Å². The number of methoxy groups -OCH3 is 2. The van der Waals surface area contributed by atoms with Gasteiger partial charge in [0.15, 0.2) is 0 Å². The second kappa shape index (κ2) is 5.96. The van der Waals surface area contributed by atoms with E-state index >= 15 is 0 Å². The van der Waals surface area contributed by atoms with Gasteiger partial charge in [-0.2, -0.15) is 5.10 Å². The highest BCUT2D eigenvalue weighted by Gasteiger charge is 2.22. The van der Waals surface area contributed by atoms with Crippen LogP contribution >= 0.6 is 0 Å². The van der Waals surface area contributed by atoms with Crippen LogP contribution in [0, 0.1) is 6.92 Å². The Balaban J connectivity index is 2.54. The van der Waals surface area contributed by atoms with Crippen LogP contribution in [-0.4, -0.2) is 24.0 Å². The predicted octanol–water partition coefficient (Wildman–Crippen LogP) is 2.28. The summed E-state index contributed by atoms with van der Waals surface area (Å²) >= 11 is 0. The summed E-state index contributed by atoms with van der Waals surface area (Å²) in [5.41, 5.74) is 9.18. The van der Waals surface area contributed by atoms with Crippen LogP contribution in [0.1, 0.15) is 29.9 Å². The van der Waals surface area contributed by atoms with Crippen LogP contribution in [-0.2, 0) is 6.54 Å². The maximum atomic E-state index is 6.44. The van der Waals surface area contributed by atoms with Crippen LogP contribution in [0.2, 0.25) is 0 Å². The third-order valence-corrected chi connectivity index (χ3v) is 3.33. The topological polar surface area (TPSA) is 62.3 Å². The Morgan fingerprint density at radius 2 is 1.85 bits per heavy atom. The number of ether oxygens (including phenoxy) is 2. The van der Waals surface area contributed by atoms with Crippen molar-refractivity contribution >= 4 is 0 Å². The van der Waals surface area contributed by atoms with Gasteiger partial charge in [0, 0.05) is 6.54 Å². The number of hydrogen-bond acceptors (Lipinski definition) is 4. The van der Waals surface area contributed by atoms with Crippen LogP contribution in [0.4, 0.5) is 0 Å². The van der Waals surface area contributed by atoms with Crippen molar-refractivity contribution in [2.75, 3.05) is 14.2 Å². The number of rotatable bonds is 5. The molecule has 0 radical (unpaired) electrons. The molecule has 0 amide bonds. The van der Waals surface area contributed by atoms with Gasteiger partial charge < -0.3 is 15.2 Å². The van der Waals surface area contributed by atoms with Crippen LogP contribution in [0.25, 0.3) is 0 Å². The average Bonchev–Trinajstić information content (AvgIpc) is 2.86. The summed E-state index contributed by atoms with van der Waals surface area (Å²) in [6.07, 6.45) is 0. The summed E-state index contributed by atoms with van der Waals surface area (Å²) in [5, 5.41) is 4.44. The van der Waals surface area contributed by atoms with Gasteiger partial charge in [-0.3, -0.25) is 4.68 Å². The number of nitrogens with zero attached hydrogens (tertiary/aromatic N) is 2. The zero-order valence-corrected chi connectivity index (χ0v) is 12.4. The fraction of sp³-hybridized carbons (Fsp3) is 0.400. The molecular formula is C15H21N3O2. The molecule has 0 spiro atoms. The van der Waals surface area contributed by atoms with Crippen molar-refractivity contribution in [2.45, 2.75) is 26.4 Å². The maximum absolute atomic E-state index is 6.44. The molecule has 0 aliphatic rings. The largest absolute Gasteiger partial charge is 0.496 e. The minimum absolute atomic E-state index is 0.345. The summed E-state index contributed by atoms with van der Waals surface area (Å²) in [7, 11) is 3.26. The predicted molar refractivity (Wildman–Crippen MR) is 78.2 cm³/mol. The summed E-state index contributed by atoms with van der Waals surface area (Å²) in [5.74, 6) is 1.44. The fourth-order valence-electron chi connectivity index (χ4n) is 2.40. The highest BCUT2D eigenvalue weighted by molar-refractivity contribution is 5.49. The molecule has 0 saturated carbocycles. The number of benzene rings is 1. The van der Waals surface area contributed by atoms with Crippen molar-refractivity contribution in [3.8, 4) is 11.5 Å². The molecule has 2 aromatic rings. The lowest BCUT2D eigenvalue weighted by molar-refractivity contribution is 0.381. The number of aryl methyl sites for hydroxylation is 2. The van der Waals surface area contributed by atoms with E-state index in [0.29, 0.717) is 0 Å². The van der Waals surface area contributed by atoms with Crippen LogP contribution in [0.3, 0.4) is 0 Å². The first-order chi connectivity index (χ1) is 9.62. The normalized spacial score (nSPS) is 12.2. The molecule has 1 heterocycles. The van der Waals surface area contributed by atoms with E-state index in [2.05, 4.69) is 5.10 Å². The third kappa shape index (κ3) is 2.49. The van der Waals surface area contributed by atoms with E-state index in [1.165, 1.54) is 0 Å². The molecule has 1 atom stereocenters. The summed E-state index contributed by atoms with van der Waals surface area (Å²) in [6.45, 7) is 4.78. The molecule has 0 bridgehead atoms. The minimum atomic E-state index is -0.345. The molecule has 1 aromatic carbocycles. The fourth-order valence-corrected chi connectivity index (χ4v) is 2.40. The Morgan fingerprint density at radius 3 is 2.35 bits per heavy atom. The molecule has 0 saturated heterocycles. The Hall–Kier alpha value is -2.01. The molecule has 1 unspecified atom stereocenters. The lowest BCUT2D eigenvalue weighted by atomic mass is 10.0. The second-order valence-corrected chi connectivity index (χ2v) is 4.58. The Morgan fingerprint density at radius 1 is 1.25 bits per heavy atom. The lowest BCUT2D eigenvalue weighted by Crippen LogP contribution is -2.18. The monoisotopic (exact) mass is 275 g/mol. The average molecular weight is 275 g/mol. The Bertz CT molecular complexity index is 571. The van der Waals surface area contributed by atoms with E-state index < -0.39 is 0 Å². The number of hydrogen-bond donors (Lipinski definition) is 1. The molecule has 5 nitrogen and oxygen atoms in total. The molecule has 5 heteroatoms. The van der Waals surface area contributed by atoms with Crippen molar-refractivity contribution in [2.24, 2.45) is 5.73 Å². The van der Waals surface area contributed by atoms with Crippen LogP contribution in [0.5, 0.6) is 11.5 Å². The van der Waals surface area contributed by atoms with E-state index in [1.807, 2.05) is 42.8 Å². The van der Waals surface area contributed by atoms with E-state index in [0.717, 1.165) is 35.0 Å². The first-order valence-corrected chi connectivity index (χ1v) is 6.63. The second-order valence-electron chi connectivity index (χ2n) is 4.58. The maximum Gasteiger partial charge on any atom is 0.127 e. The van der Waals surface area contributed by atoms with Crippen molar-refractivity contribution < 1.29 is 9.47 Å².